The Labute approximate surface area is 205 Å². The van der Waals surface area contributed by atoms with E-state index < -0.39 is 11.1 Å². The zero-order valence-electron chi connectivity index (χ0n) is 19.1. The number of aromatic amines is 1. The lowest BCUT2D eigenvalue weighted by atomic mass is 10.2. The fraction of sp³-hybridized carbons (Fsp3) is 0.304. The molecule has 2 amide bonds. The molecule has 3 aromatic rings. The highest BCUT2D eigenvalue weighted by molar-refractivity contribution is 8.18. The van der Waals surface area contributed by atoms with Gasteiger partial charge in [-0.3, -0.25) is 19.7 Å². The molecule has 1 aromatic carbocycles. The van der Waals surface area contributed by atoms with Gasteiger partial charge in [0.1, 0.15) is 11.6 Å². The Morgan fingerprint density at radius 3 is 2.66 bits per heavy atom. The Hall–Kier alpha value is -3.77. The minimum absolute atomic E-state index is 0.172. The lowest BCUT2D eigenvalue weighted by Crippen LogP contribution is -2.44. The molecule has 2 aliphatic heterocycles. The minimum atomic E-state index is -0.430. The molecule has 11 nitrogen and oxygen atoms in total. The Balaban J connectivity index is 1.36. The number of carbonyl (C=O) groups excluding carboxylic acids is 2. The number of anilines is 2. The van der Waals surface area contributed by atoms with Crippen molar-refractivity contribution in [3.05, 3.63) is 57.1 Å². The van der Waals surface area contributed by atoms with Crippen LogP contribution in [0, 0.1) is 0 Å². The van der Waals surface area contributed by atoms with Crippen LogP contribution in [0.4, 0.5) is 16.6 Å². The molecule has 180 valence electrons. The van der Waals surface area contributed by atoms with E-state index in [0.717, 1.165) is 43.8 Å². The molecule has 0 saturated carbocycles. The van der Waals surface area contributed by atoms with Crippen LogP contribution in [0.25, 0.3) is 17.0 Å². The molecule has 5 rings (SSSR count). The van der Waals surface area contributed by atoms with Crippen LogP contribution in [-0.4, -0.2) is 75.8 Å². The van der Waals surface area contributed by atoms with Crippen LogP contribution in [-0.2, 0) is 11.2 Å². The van der Waals surface area contributed by atoms with Crippen LogP contribution in [0.1, 0.15) is 11.5 Å². The summed E-state index contributed by atoms with van der Waals surface area (Å²) in [7, 11) is 2.08. The molecule has 0 bridgehead atoms. The van der Waals surface area contributed by atoms with Gasteiger partial charge < -0.3 is 20.1 Å². The summed E-state index contributed by atoms with van der Waals surface area (Å²) in [5, 5.41) is 5.62. The lowest BCUT2D eigenvalue weighted by molar-refractivity contribution is -0.115. The van der Waals surface area contributed by atoms with E-state index in [1.54, 1.807) is 12.1 Å². The first kappa shape index (κ1) is 23.0. The van der Waals surface area contributed by atoms with Crippen LogP contribution < -0.4 is 21.1 Å². The number of benzene rings is 1. The molecule has 12 heteroatoms. The molecule has 2 aliphatic rings. The zero-order chi connectivity index (χ0) is 24.4. The summed E-state index contributed by atoms with van der Waals surface area (Å²) in [5.41, 5.74) is 1.01. The van der Waals surface area contributed by atoms with Gasteiger partial charge in [-0.05, 0) is 37.0 Å². The van der Waals surface area contributed by atoms with Gasteiger partial charge in [-0.1, -0.05) is 12.1 Å². The fourth-order valence-corrected chi connectivity index (χ4v) is 4.57. The first-order valence-electron chi connectivity index (χ1n) is 11.2. The molecule has 2 fully saturated rings. The molecule has 3 N–H and O–H groups in total. The standard InChI is InChI=1S/C23H24N8O3S/c1-30-8-10-31(11-9-30)19-13-14(12-17-21(33)29-23(34)35-17)25-22(28-19)24-7-6-18-26-16-5-3-2-4-15(16)20(32)27-18/h2-5,12-13H,6-11H2,1H3,(H,24,25,28)(H,26,27,32)(H,29,33,34). The second kappa shape index (κ2) is 9.84. The minimum Gasteiger partial charge on any atom is -0.354 e. The molecule has 0 spiro atoms. The van der Waals surface area contributed by atoms with Gasteiger partial charge in [0, 0.05) is 45.2 Å². The number of hydrogen-bond acceptors (Lipinski definition) is 10. The van der Waals surface area contributed by atoms with E-state index in [9.17, 15) is 14.4 Å². The monoisotopic (exact) mass is 492 g/mol. The van der Waals surface area contributed by atoms with E-state index in [4.69, 9.17) is 0 Å². The average Bonchev–Trinajstić information content (AvgIpc) is 3.15. The predicted octanol–water partition coefficient (Wildman–Crippen LogP) is 1.44. The third-order valence-electron chi connectivity index (χ3n) is 5.79. The van der Waals surface area contributed by atoms with Crippen molar-refractivity contribution in [1.29, 1.82) is 0 Å². The maximum Gasteiger partial charge on any atom is 0.290 e. The average molecular weight is 493 g/mol. The van der Waals surface area contributed by atoms with Crippen molar-refractivity contribution in [1.82, 2.24) is 30.2 Å². The quantitative estimate of drug-likeness (QED) is 0.434. The molecule has 0 radical (unpaired) electrons. The van der Waals surface area contributed by atoms with Gasteiger partial charge >= 0.3 is 0 Å². The maximum atomic E-state index is 12.3. The van der Waals surface area contributed by atoms with E-state index in [2.05, 4.69) is 47.4 Å². The SMILES string of the molecule is CN1CCN(c2cc(C=C3SC(=O)NC3=O)nc(NCCc3nc4ccccc4c(=O)[nH]3)n2)CC1. The van der Waals surface area contributed by atoms with E-state index in [0.29, 0.717) is 46.2 Å². The Bertz CT molecular complexity index is 1380. The molecule has 2 saturated heterocycles. The van der Waals surface area contributed by atoms with Crippen molar-refractivity contribution in [2.75, 3.05) is 50.0 Å². The number of aromatic nitrogens is 4. The molecule has 0 atom stereocenters. The van der Waals surface area contributed by atoms with Crippen molar-refractivity contribution in [2.24, 2.45) is 0 Å². The van der Waals surface area contributed by atoms with Gasteiger partial charge in [0.2, 0.25) is 5.95 Å². The van der Waals surface area contributed by atoms with Gasteiger partial charge in [-0.2, -0.15) is 4.98 Å². The number of carbonyl (C=O) groups is 2. The summed E-state index contributed by atoms with van der Waals surface area (Å²) in [6, 6.07) is 9.03. The normalized spacial score (nSPS) is 17.9. The van der Waals surface area contributed by atoms with Crippen molar-refractivity contribution in [3.8, 4) is 0 Å². The molecular formula is C23H24N8O3S. The van der Waals surface area contributed by atoms with Crippen molar-refractivity contribution in [2.45, 2.75) is 6.42 Å². The largest absolute Gasteiger partial charge is 0.354 e. The number of piperazine rings is 1. The fourth-order valence-electron chi connectivity index (χ4n) is 3.90. The third-order valence-corrected chi connectivity index (χ3v) is 6.60. The summed E-state index contributed by atoms with van der Waals surface area (Å²) in [6.07, 6.45) is 2.06. The number of H-pyrrole nitrogens is 1. The molecular weight excluding hydrogens is 468 g/mol. The summed E-state index contributed by atoms with van der Waals surface area (Å²) in [4.78, 5) is 57.2. The molecule has 4 heterocycles. The Kier molecular flexibility index (Phi) is 6.47. The van der Waals surface area contributed by atoms with Crippen molar-refractivity contribution >= 4 is 51.7 Å². The van der Waals surface area contributed by atoms with Gasteiger partial charge in [0.25, 0.3) is 16.7 Å². The smallest absolute Gasteiger partial charge is 0.290 e. The number of para-hydroxylation sites is 1. The summed E-state index contributed by atoms with van der Waals surface area (Å²) in [6.45, 7) is 3.91. The van der Waals surface area contributed by atoms with Crippen LogP contribution in [0.15, 0.2) is 40.0 Å². The number of nitrogens with zero attached hydrogens (tertiary/aromatic N) is 5. The van der Waals surface area contributed by atoms with Gasteiger partial charge in [-0.15, -0.1) is 0 Å². The first-order chi connectivity index (χ1) is 16.9. The Morgan fingerprint density at radius 2 is 1.89 bits per heavy atom. The third kappa shape index (κ3) is 5.33. The number of hydrogen-bond donors (Lipinski definition) is 3. The van der Waals surface area contributed by atoms with Gasteiger partial charge in [0.05, 0.1) is 21.5 Å². The van der Waals surface area contributed by atoms with Gasteiger partial charge in [0.15, 0.2) is 0 Å². The highest BCUT2D eigenvalue weighted by Crippen LogP contribution is 2.26. The highest BCUT2D eigenvalue weighted by Gasteiger charge is 2.25. The Morgan fingerprint density at radius 1 is 1.09 bits per heavy atom. The van der Waals surface area contributed by atoms with Gasteiger partial charge in [-0.25, -0.2) is 9.97 Å². The molecule has 2 aromatic heterocycles. The first-order valence-corrected chi connectivity index (χ1v) is 12.1. The number of rotatable bonds is 6. The second-order valence-corrected chi connectivity index (χ2v) is 9.34. The van der Waals surface area contributed by atoms with Crippen LogP contribution >= 0.6 is 11.8 Å². The van der Waals surface area contributed by atoms with Crippen LogP contribution in [0.2, 0.25) is 0 Å². The van der Waals surface area contributed by atoms with Crippen molar-refractivity contribution < 1.29 is 9.59 Å². The second-order valence-electron chi connectivity index (χ2n) is 8.32. The number of nitrogens with one attached hydrogen (secondary N) is 3. The summed E-state index contributed by atoms with van der Waals surface area (Å²) >= 11 is 0.852. The lowest BCUT2D eigenvalue weighted by Gasteiger charge is -2.33. The van der Waals surface area contributed by atoms with E-state index >= 15 is 0 Å². The number of likely N-dealkylation sites (N-methyl/N-ethyl adjacent to an activating group) is 1. The van der Waals surface area contributed by atoms with E-state index in [-0.39, 0.29) is 5.56 Å². The highest BCUT2D eigenvalue weighted by atomic mass is 32.2. The van der Waals surface area contributed by atoms with Crippen LogP contribution in [0.5, 0.6) is 0 Å². The number of amides is 2. The molecule has 35 heavy (non-hydrogen) atoms. The van der Waals surface area contributed by atoms with Crippen molar-refractivity contribution in [3.63, 3.8) is 0 Å². The molecule has 0 aliphatic carbocycles. The van der Waals surface area contributed by atoms with E-state index in [1.807, 2.05) is 24.3 Å². The van der Waals surface area contributed by atoms with E-state index in [1.165, 1.54) is 0 Å². The summed E-state index contributed by atoms with van der Waals surface area (Å²) < 4.78 is 0. The summed E-state index contributed by atoms with van der Waals surface area (Å²) in [5.74, 6) is 1.28. The topological polar surface area (TPSA) is 136 Å². The van der Waals surface area contributed by atoms with Crippen LogP contribution in [0.3, 0.4) is 0 Å². The number of imide groups is 1. The maximum absolute atomic E-state index is 12.3. The number of fused-ring (bicyclic) bond motifs is 1. The molecule has 0 unspecified atom stereocenters. The predicted molar refractivity (Wildman–Crippen MR) is 135 cm³/mol. The number of thioether (sulfide) groups is 1. The zero-order valence-corrected chi connectivity index (χ0v) is 19.9.